The zero-order valence-corrected chi connectivity index (χ0v) is 17.0. The molecule has 2 aliphatic heterocycles. The topological polar surface area (TPSA) is 93.9 Å². The third kappa shape index (κ3) is 3.58. The van der Waals surface area contributed by atoms with Gasteiger partial charge in [0, 0.05) is 12.7 Å². The molecule has 2 aliphatic rings. The smallest absolute Gasteiger partial charge is 0.261 e. The third-order valence-corrected chi connectivity index (χ3v) is 5.75. The molecule has 0 unspecified atom stereocenters. The highest BCUT2D eigenvalue weighted by Crippen LogP contribution is 2.28. The molecule has 0 bridgehead atoms. The van der Waals surface area contributed by atoms with Gasteiger partial charge in [0.25, 0.3) is 11.8 Å². The summed E-state index contributed by atoms with van der Waals surface area (Å²) in [5.74, 6) is 0.646. The van der Waals surface area contributed by atoms with Crippen LogP contribution in [0.2, 0.25) is 0 Å². The van der Waals surface area contributed by atoms with Gasteiger partial charge in [0.2, 0.25) is 0 Å². The Morgan fingerprint density at radius 1 is 1.13 bits per heavy atom. The van der Waals surface area contributed by atoms with E-state index in [0.29, 0.717) is 29.2 Å². The molecule has 1 saturated heterocycles. The van der Waals surface area contributed by atoms with Gasteiger partial charge in [0.1, 0.15) is 18.2 Å². The fraction of sp³-hybridized carbons (Fsp3) is 0.348. The number of nitrogens with zero attached hydrogens (tertiary/aromatic N) is 3. The molecule has 31 heavy (non-hydrogen) atoms. The average Bonchev–Trinajstić information content (AvgIpc) is 3.48. The first-order valence-electron chi connectivity index (χ1n) is 10.5. The lowest BCUT2D eigenvalue weighted by Gasteiger charge is -2.18. The highest BCUT2D eigenvalue weighted by atomic mass is 16.5. The summed E-state index contributed by atoms with van der Waals surface area (Å²) in [4.78, 5) is 31.7. The number of hydrogen-bond acceptors (Lipinski definition) is 6. The minimum Gasteiger partial charge on any atom is -0.491 e. The Balaban J connectivity index is 1.51. The van der Waals surface area contributed by atoms with Crippen molar-refractivity contribution in [2.75, 3.05) is 19.8 Å². The summed E-state index contributed by atoms with van der Waals surface area (Å²) in [7, 11) is 0. The predicted molar refractivity (Wildman–Crippen MR) is 112 cm³/mol. The fourth-order valence-corrected chi connectivity index (χ4v) is 4.25. The molecule has 1 fully saturated rings. The molecule has 3 aromatic rings. The standard InChI is InChI=1S/C23H23N3O5/c27-9-11-31-15-7-8-19-20(12-15)25(13-16-4-3-10-30-16)21(24-19)14-26-22(28)17-5-1-2-6-18(17)23(26)29/h1-2,5-8,12,16,27H,3-4,9-11,13-14H2/t16-/m0/s1. The molecule has 2 amide bonds. The van der Waals surface area contributed by atoms with Gasteiger partial charge in [-0.15, -0.1) is 0 Å². The molecule has 0 spiro atoms. The summed E-state index contributed by atoms with van der Waals surface area (Å²) in [6.07, 6.45) is 2.02. The quantitative estimate of drug-likeness (QED) is 0.589. The Morgan fingerprint density at radius 3 is 2.58 bits per heavy atom. The second-order valence-corrected chi connectivity index (χ2v) is 7.74. The van der Waals surface area contributed by atoms with Crippen LogP contribution >= 0.6 is 0 Å². The van der Waals surface area contributed by atoms with Crippen molar-refractivity contribution in [3.8, 4) is 5.75 Å². The van der Waals surface area contributed by atoms with Crippen molar-refractivity contribution >= 4 is 22.8 Å². The molecule has 0 radical (unpaired) electrons. The molecule has 8 nitrogen and oxygen atoms in total. The molecule has 1 atom stereocenters. The first-order chi connectivity index (χ1) is 15.2. The molecule has 0 saturated carbocycles. The maximum Gasteiger partial charge on any atom is 0.261 e. The Hall–Kier alpha value is -3.23. The van der Waals surface area contributed by atoms with E-state index in [9.17, 15) is 9.59 Å². The SMILES string of the molecule is O=C1c2ccccc2C(=O)N1Cc1nc2ccc(OCCO)cc2n1C[C@@H]1CCCO1. The van der Waals surface area contributed by atoms with Crippen LogP contribution < -0.4 is 4.74 Å². The molecule has 1 N–H and O–H groups in total. The van der Waals surface area contributed by atoms with E-state index >= 15 is 0 Å². The Labute approximate surface area is 179 Å². The zero-order valence-electron chi connectivity index (χ0n) is 17.0. The van der Waals surface area contributed by atoms with Crippen LogP contribution in [0.3, 0.4) is 0 Å². The highest BCUT2D eigenvalue weighted by Gasteiger charge is 2.36. The number of aliphatic hydroxyl groups is 1. The summed E-state index contributed by atoms with van der Waals surface area (Å²) in [5, 5.41) is 9.04. The van der Waals surface area contributed by atoms with Crippen molar-refractivity contribution in [3.63, 3.8) is 0 Å². The normalized spacial score (nSPS) is 18.2. The maximum absolute atomic E-state index is 12.9. The van der Waals surface area contributed by atoms with Gasteiger partial charge in [-0.25, -0.2) is 4.98 Å². The van der Waals surface area contributed by atoms with Crippen LogP contribution in [0.25, 0.3) is 11.0 Å². The van der Waals surface area contributed by atoms with Gasteiger partial charge in [0.15, 0.2) is 0 Å². The van der Waals surface area contributed by atoms with Crippen LogP contribution in [0.4, 0.5) is 0 Å². The number of ether oxygens (including phenoxy) is 2. The number of carbonyl (C=O) groups is 2. The maximum atomic E-state index is 12.9. The Kier molecular flexibility index (Phi) is 5.17. The van der Waals surface area contributed by atoms with Crippen LogP contribution in [0.15, 0.2) is 42.5 Å². The third-order valence-electron chi connectivity index (χ3n) is 5.75. The Morgan fingerprint density at radius 2 is 1.90 bits per heavy atom. The van der Waals surface area contributed by atoms with Gasteiger partial charge in [-0.3, -0.25) is 14.5 Å². The van der Waals surface area contributed by atoms with Gasteiger partial charge >= 0.3 is 0 Å². The zero-order chi connectivity index (χ0) is 21.4. The van der Waals surface area contributed by atoms with Gasteiger partial charge in [-0.05, 0) is 37.1 Å². The summed E-state index contributed by atoms with van der Waals surface area (Å²) in [5.41, 5.74) is 2.45. The summed E-state index contributed by atoms with van der Waals surface area (Å²) in [6, 6.07) is 12.4. The average molecular weight is 421 g/mol. The van der Waals surface area contributed by atoms with Crippen LogP contribution in [0, 0.1) is 0 Å². The van der Waals surface area contributed by atoms with Crippen molar-refractivity contribution in [1.29, 1.82) is 0 Å². The van der Waals surface area contributed by atoms with Crippen molar-refractivity contribution in [1.82, 2.24) is 14.5 Å². The first kappa shape index (κ1) is 19.7. The molecule has 3 heterocycles. The lowest BCUT2D eigenvalue weighted by atomic mass is 10.1. The first-order valence-corrected chi connectivity index (χ1v) is 10.5. The number of amides is 2. The molecular weight excluding hydrogens is 398 g/mol. The second kappa shape index (κ2) is 8.13. The van der Waals surface area contributed by atoms with Gasteiger partial charge in [-0.1, -0.05) is 12.1 Å². The summed E-state index contributed by atoms with van der Waals surface area (Å²) >= 11 is 0. The van der Waals surface area contributed by atoms with E-state index in [-0.39, 0.29) is 37.7 Å². The summed E-state index contributed by atoms with van der Waals surface area (Å²) in [6.45, 7) is 1.53. The number of aliphatic hydroxyl groups excluding tert-OH is 1. The number of aromatic nitrogens is 2. The molecule has 1 aromatic heterocycles. The van der Waals surface area contributed by atoms with E-state index < -0.39 is 0 Å². The van der Waals surface area contributed by atoms with Crippen LogP contribution in [0.1, 0.15) is 39.4 Å². The van der Waals surface area contributed by atoms with Crippen LogP contribution in [0.5, 0.6) is 5.75 Å². The predicted octanol–water partition coefficient (Wildman–Crippen LogP) is 2.38. The molecule has 8 heteroatoms. The summed E-state index contributed by atoms with van der Waals surface area (Å²) < 4.78 is 13.4. The van der Waals surface area contributed by atoms with E-state index in [1.54, 1.807) is 30.3 Å². The number of carbonyl (C=O) groups excluding carboxylic acids is 2. The minimum absolute atomic E-state index is 0.0559. The number of imide groups is 1. The van der Waals surface area contributed by atoms with Crippen LogP contribution in [-0.4, -0.2) is 57.3 Å². The molecular formula is C23H23N3O5. The molecule has 2 aromatic carbocycles. The number of hydrogen-bond donors (Lipinski definition) is 1. The van der Waals surface area contributed by atoms with Crippen molar-refractivity contribution < 1.29 is 24.2 Å². The molecule has 160 valence electrons. The van der Waals surface area contributed by atoms with Gasteiger partial charge < -0.3 is 19.1 Å². The van der Waals surface area contributed by atoms with Crippen molar-refractivity contribution in [2.24, 2.45) is 0 Å². The molecule has 0 aliphatic carbocycles. The molecule has 5 rings (SSSR count). The Bertz CT molecular complexity index is 1110. The lowest BCUT2D eigenvalue weighted by Crippen LogP contribution is -2.31. The monoisotopic (exact) mass is 421 g/mol. The largest absolute Gasteiger partial charge is 0.491 e. The number of benzene rings is 2. The fourth-order valence-electron chi connectivity index (χ4n) is 4.25. The van der Waals surface area contributed by atoms with Crippen molar-refractivity contribution in [3.05, 3.63) is 59.4 Å². The number of rotatable bonds is 7. The van der Waals surface area contributed by atoms with Crippen molar-refractivity contribution in [2.45, 2.75) is 32.0 Å². The number of fused-ring (bicyclic) bond motifs is 2. The van der Waals surface area contributed by atoms with Gasteiger partial charge in [0.05, 0.1) is 48.0 Å². The lowest BCUT2D eigenvalue weighted by molar-refractivity contribution is 0.0633. The van der Waals surface area contributed by atoms with E-state index in [1.807, 2.05) is 16.7 Å². The van der Waals surface area contributed by atoms with E-state index in [0.717, 1.165) is 30.5 Å². The van der Waals surface area contributed by atoms with E-state index in [4.69, 9.17) is 19.6 Å². The second-order valence-electron chi connectivity index (χ2n) is 7.74. The highest BCUT2D eigenvalue weighted by molar-refractivity contribution is 6.21. The van der Waals surface area contributed by atoms with E-state index in [1.165, 1.54) is 4.90 Å². The van der Waals surface area contributed by atoms with Crippen LogP contribution in [-0.2, 0) is 17.8 Å². The van der Waals surface area contributed by atoms with E-state index in [2.05, 4.69) is 0 Å². The van der Waals surface area contributed by atoms with Gasteiger partial charge in [-0.2, -0.15) is 0 Å². The number of imidazole rings is 1. The minimum atomic E-state index is -0.303.